The van der Waals surface area contributed by atoms with E-state index in [4.69, 9.17) is 0 Å². The number of carbonyl (C=O) groups excluding carboxylic acids is 1. The zero-order chi connectivity index (χ0) is 14.7. The minimum atomic E-state index is -0.435. The second kappa shape index (κ2) is 5.73. The molecule has 0 saturated carbocycles. The molecule has 2 rings (SSSR count). The number of nitrogens with one attached hydrogen (secondary N) is 1. The van der Waals surface area contributed by atoms with E-state index in [1.807, 2.05) is 19.9 Å². The molecule has 6 nitrogen and oxygen atoms in total. The van der Waals surface area contributed by atoms with E-state index in [-0.39, 0.29) is 18.1 Å². The molecule has 106 valence electrons. The van der Waals surface area contributed by atoms with Crippen molar-refractivity contribution in [2.45, 2.75) is 20.4 Å². The second-order valence-corrected chi connectivity index (χ2v) is 5.14. The Morgan fingerprint density at radius 1 is 1.40 bits per heavy atom. The van der Waals surface area contributed by atoms with Gasteiger partial charge in [-0.1, -0.05) is 13.8 Å². The first-order chi connectivity index (χ1) is 9.47. The Balaban J connectivity index is 2.19. The summed E-state index contributed by atoms with van der Waals surface area (Å²) in [6.45, 7) is 4.83. The Kier molecular flexibility index (Phi) is 4.02. The fourth-order valence-corrected chi connectivity index (χ4v) is 1.95. The number of non-ortho nitro benzene ring substituents is 1. The maximum atomic E-state index is 11.8. The molecule has 0 radical (unpaired) electrons. The first kappa shape index (κ1) is 14.0. The van der Waals surface area contributed by atoms with Crippen LogP contribution in [0.1, 0.15) is 13.8 Å². The molecule has 0 aliphatic rings. The Hall–Kier alpha value is -2.37. The molecule has 0 fully saturated rings. The number of aromatic nitrogens is 1. The summed E-state index contributed by atoms with van der Waals surface area (Å²) in [6, 6.07) is 6.49. The van der Waals surface area contributed by atoms with Gasteiger partial charge in [0.05, 0.1) is 10.4 Å². The number of nitrogens with zero attached hydrogens (tertiary/aromatic N) is 2. The molecule has 0 bridgehead atoms. The molecule has 1 heterocycles. The lowest BCUT2D eigenvalue weighted by molar-refractivity contribution is -0.384. The van der Waals surface area contributed by atoms with Gasteiger partial charge in [0.1, 0.15) is 6.54 Å². The fourth-order valence-electron chi connectivity index (χ4n) is 1.95. The fraction of sp³-hybridized carbons (Fsp3) is 0.357. The molecule has 1 aromatic carbocycles. The zero-order valence-corrected chi connectivity index (χ0v) is 11.5. The van der Waals surface area contributed by atoms with Crippen LogP contribution in [0.15, 0.2) is 30.5 Å². The SMILES string of the molecule is CC(C)CNC(=O)Cn1ccc2ccc([N+](=O)[O-])cc21. The molecule has 20 heavy (non-hydrogen) atoms. The molecule has 0 aliphatic heterocycles. The van der Waals surface area contributed by atoms with Crippen molar-refractivity contribution in [2.75, 3.05) is 6.54 Å². The summed E-state index contributed by atoms with van der Waals surface area (Å²) in [5.74, 6) is 0.296. The minimum absolute atomic E-state index is 0.0278. The lowest BCUT2D eigenvalue weighted by atomic mass is 10.2. The van der Waals surface area contributed by atoms with Gasteiger partial charge in [0, 0.05) is 30.3 Å². The second-order valence-electron chi connectivity index (χ2n) is 5.14. The van der Waals surface area contributed by atoms with Crippen LogP contribution < -0.4 is 5.32 Å². The van der Waals surface area contributed by atoms with Crippen LogP contribution in [0.3, 0.4) is 0 Å². The third-order valence-corrected chi connectivity index (χ3v) is 2.99. The Labute approximate surface area is 116 Å². The van der Waals surface area contributed by atoms with Gasteiger partial charge < -0.3 is 9.88 Å². The van der Waals surface area contributed by atoms with Gasteiger partial charge >= 0.3 is 0 Å². The maximum Gasteiger partial charge on any atom is 0.271 e. The van der Waals surface area contributed by atoms with Crippen LogP contribution in [0.5, 0.6) is 0 Å². The van der Waals surface area contributed by atoms with Crippen molar-refractivity contribution in [3.63, 3.8) is 0 Å². The number of rotatable bonds is 5. The number of amides is 1. The third-order valence-electron chi connectivity index (χ3n) is 2.99. The van der Waals surface area contributed by atoms with E-state index in [0.717, 1.165) is 5.39 Å². The molecule has 0 spiro atoms. The molecule has 0 atom stereocenters. The van der Waals surface area contributed by atoms with Crippen LogP contribution in [0.4, 0.5) is 5.69 Å². The number of fused-ring (bicyclic) bond motifs is 1. The topological polar surface area (TPSA) is 77.2 Å². The van der Waals surface area contributed by atoms with Crippen molar-refractivity contribution in [1.82, 2.24) is 9.88 Å². The van der Waals surface area contributed by atoms with Crippen molar-refractivity contribution in [1.29, 1.82) is 0 Å². The summed E-state index contributed by atoms with van der Waals surface area (Å²) in [4.78, 5) is 22.2. The molecule has 1 amide bonds. The molecular formula is C14H17N3O3. The van der Waals surface area contributed by atoms with Crippen LogP contribution >= 0.6 is 0 Å². The number of hydrogen-bond donors (Lipinski definition) is 1. The number of carbonyl (C=O) groups is 1. The van der Waals surface area contributed by atoms with Gasteiger partial charge in [0.25, 0.3) is 5.69 Å². The first-order valence-corrected chi connectivity index (χ1v) is 6.47. The Morgan fingerprint density at radius 2 is 2.15 bits per heavy atom. The highest BCUT2D eigenvalue weighted by Gasteiger charge is 2.11. The average Bonchev–Trinajstić information content (AvgIpc) is 2.79. The van der Waals surface area contributed by atoms with E-state index in [0.29, 0.717) is 18.0 Å². The first-order valence-electron chi connectivity index (χ1n) is 6.47. The lowest BCUT2D eigenvalue weighted by Gasteiger charge is -2.09. The Bertz CT molecular complexity index is 646. The molecular weight excluding hydrogens is 258 g/mol. The molecule has 2 aromatic rings. The Morgan fingerprint density at radius 3 is 2.80 bits per heavy atom. The summed E-state index contributed by atoms with van der Waals surface area (Å²) < 4.78 is 1.72. The van der Waals surface area contributed by atoms with Gasteiger partial charge in [-0.2, -0.15) is 0 Å². The van der Waals surface area contributed by atoms with E-state index < -0.39 is 4.92 Å². The van der Waals surface area contributed by atoms with Gasteiger partial charge in [-0.25, -0.2) is 0 Å². The largest absolute Gasteiger partial charge is 0.354 e. The smallest absolute Gasteiger partial charge is 0.271 e. The number of nitro benzene ring substituents is 1. The summed E-state index contributed by atoms with van der Waals surface area (Å²) in [7, 11) is 0. The summed E-state index contributed by atoms with van der Waals surface area (Å²) in [6.07, 6.45) is 1.77. The van der Waals surface area contributed by atoms with E-state index in [1.165, 1.54) is 12.1 Å². The zero-order valence-electron chi connectivity index (χ0n) is 11.5. The molecule has 0 aliphatic carbocycles. The predicted molar refractivity (Wildman–Crippen MR) is 76.4 cm³/mol. The lowest BCUT2D eigenvalue weighted by Crippen LogP contribution is -2.30. The number of hydrogen-bond acceptors (Lipinski definition) is 3. The molecule has 1 N–H and O–H groups in total. The standard InChI is InChI=1S/C14H17N3O3/c1-10(2)8-15-14(18)9-16-6-5-11-3-4-12(17(19)20)7-13(11)16/h3-7,10H,8-9H2,1-2H3,(H,15,18). The maximum absolute atomic E-state index is 11.8. The van der Waals surface area contributed by atoms with Crippen LogP contribution in [-0.4, -0.2) is 21.9 Å². The van der Waals surface area contributed by atoms with Crippen molar-refractivity contribution in [3.05, 3.63) is 40.6 Å². The molecule has 1 aromatic heterocycles. The van der Waals surface area contributed by atoms with Crippen molar-refractivity contribution in [2.24, 2.45) is 5.92 Å². The predicted octanol–water partition coefficient (Wildman–Crippen LogP) is 2.32. The summed E-state index contributed by atoms with van der Waals surface area (Å²) in [5.41, 5.74) is 0.721. The third kappa shape index (κ3) is 3.14. The highest BCUT2D eigenvalue weighted by Crippen LogP contribution is 2.21. The van der Waals surface area contributed by atoms with Crippen LogP contribution in [0.2, 0.25) is 0 Å². The quantitative estimate of drug-likeness (QED) is 0.672. The van der Waals surface area contributed by atoms with Crippen LogP contribution in [-0.2, 0) is 11.3 Å². The summed E-state index contributed by atoms with van der Waals surface area (Å²) in [5, 5.41) is 14.5. The van der Waals surface area contributed by atoms with Gasteiger partial charge in [0.2, 0.25) is 5.91 Å². The van der Waals surface area contributed by atoms with E-state index in [2.05, 4.69) is 5.32 Å². The number of nitro groups is 1. The van der Waals surface area contributed by atoms with E-state index in [9.17, 15) is 14.9 Å². The van der Waals surface area contributed by atoms with Crippen molar-refractivity contribution >= 4 is 22.5 Å². The molecule has 6 heteroatoms. The average molecular weight is 275 g/mol. The monoisotopic (exact) mass is 275 g/mol. The minimum Gasteiger partial charge on any atom is -0.354 e. The van der Waals surface area contributed by atoms with E-state index in [1.54, 1.807) is 16.8 Å². The van der Waals surface area contributed by atoms with Crippen molar-refractivity contribution < 1.29 is 9.72 Å². The number of benzene rings is 1. The molecule has 0 saturated heterocycles. The van der Waals surface area contributed by atoms with Crippen LogP contribution in [0, 0.1) is 16.0 Å². The molecule has 0 unspecified atom stereocenters. The van der Waals surface area contributed by atoms with Crippen molar-refractivity contribution in [3.8, 4) is 0 Å². The highest BCUT2D eigenvalue weighted by molar-refractivity contribution is 5.84. The summed E-state index contributed by atoms with van der Waals surface area (Å²) >= 11 is 0. The highest BCUT2D eigenvalue weighted by atomic mass is 16.6. The van der Waals surface area contributed by atoms with Gasteiger partial charge in [-0.05, 0) is 18.1 Å². The van der Waals surface area contributed by atoms with Gasteiger partial charge in [-0.3, -0.25) is 14.9 Å². The normalized spacial score (nSPS) is 10.9. The van der Waals surface area contributed by atoms with E-state index >= 15 is 0 Å². The van der Waals surface area contributed by atoms with Gasteiger partial charge in [-0.15, -0.1) is 0 Å². The van der Waals surface area contributed by atoms with Crippen LogP contribution in [0.25, 0.3) is 10.9 Å². The van der Waals surface area contributed by atoms with Gasteiger partial charge in [0.15, 0.2) is 0 Å².